The first-order valence-corrected chi connectivity index (χ1v) is 14.2. The Labute approximate surface area is 244 Å². The number of carbonyl (C=O) groups is 1. The molecule has 1 saturated heterocycles. The summed E-state index contributed by atoms with van der Waals surface area (Å²) in [6.07, 6.45) is 3.86. The number of hydrogen-bond donors (Lipinski definition) is 3. The number of fused-ring (bicyclic) bond motifs is 1. The molecule has 12 nitrogen and oxygen atoms in total. The number of benzene rings is 1. The zero-order valence-corrected chi connectivity index (χ0v) is 24.1. The number of amides is 1. The van der Waals surface area contributed by atoms with E-state index in [1.165, 1.54) is 6.39 Å². The fraction of sp³-hybridized carbons (Fsp3) is 0.500. The number of β-amino-alcohol motifs (C(OH)–C–C–N with tert-alkyl or cyclic N) is 1. The highest BCUT2D eigenvalue weighted by Gasteiger charge is 2.24. The van der Waals surface area contributed by atoms with Crippen LogP contribution < -0.4 is 20.3 Å². The van der Waals surface area contributed by atoms with Gasteiger partial charge in [-0.3, -0.25) is 9.69 Å². The monoisotopic (exact) mass is 585 g/mol. The van der Waals surface area contributed by atoms with Gasteiger partial charge < -0.3 is 34.5 Å². The minimum atomic E-state index is -0.755. The molecule has 3 N–H and O–H groups in total. The average Bonchev–Trinajstić information content (AvgIpc) is 3.47. The molecule has 4 heterocycles. The molecular weight excluding hydrogens is 550 g/mol. The summed E-state index contributed by atoms with van der Waals surface area (Å²) in [6.45, 7) is 6.16. The number of rotatable bonds is 13. The number of anilines is 2. The van der Waals surface area contributed by atoms with Crippen LogP contribution in [0.15, 0.2) is 35.2 Å². The van der Waals surface area contributed by atoms with Gasteiger partial charge in [-0.05, 0) is 30.0 Å². The molecule has 1 atom stereocenters. The molecule has 41 heavy (non-hydrogen) atoms. The van der Waals surface area contributed by atoms with Crippen molar-refractivity contribution in [2.45, 2.75) is 45.1 Å². The van der Waals surface area contributed by atoms with Gasteiger partial charge in [0.1, 0.15) is 23.9 Å². The fourth-order valence-electron chi connectivity index (χ4n) is 4.80. The molecule has 0 radical (unpaired) electrons. The van der Waals surface area contributed by atoms with Crippen molar-refractivity contribution >= 4 is 29.3 Å². The Bertz CT molecular complexity index is 1320. The third kappa shape index (κ3) is 7.45. The standard InChI is InChI=1S/C28H36ClN7O5/c1-3-7-35(2)28-33-23(9-25(34-28)32-19-14-39-15-19)27(38)31-10-20(37)13-36-8-6-22-18(12-36)4-5-24(26(22)29)40-16-21-11-30-17-41-21/h4-5,9,11,17,19-20,37H,3,6-8,10,12-16H2,1-2H3,(H,31,38)(H,32,33,34). The molecule has 220 valence electrons. The van der Waals surface area contributed by atoms with E-state index in [4.69, 9.17) is 25.5 Å². The summed E-state index contributed by atoms with van der Waals surface area (Å²) in [5.74, 6) is 1.91. The summed E-state index contributed by atoms with van der Waals surface area (Å²) in [5, 5.41) is 17.5. The number of ether oxygens (including phenoxy) is 2. The second kappa shape index (κ2) is 13.5. The van der Waals surface area contributed by atoms with Crippen molar-refractivity contribution < 1.29 is 23.8 Å². The van der Waals surface area contributed by atoms with Crippen molar-refractivity contribution in [3.8, 4) is 5.75 Å². The highest BCUT2D eigenvalue weighted by molar-refractivity contribution is 6.33. The number of aliphatic hydroxyl groups is 1. The molecule has 5 rings (SSSR count). The van der Waals surface area contributed by atoms with Gasteiger partial charge in [0.2, 0.25) is 5.95 Å². The molecule has 2 aromatic heterocycles. The molecule has 0 bridgehead atoms. The number of aromatic nitrogens is 3. The van der Waals surface area contributed by atoms with Crippen LogP contribution in [-0.4, -0.2) is 89.5 Å². The molecule has 1 unspecified atom stereocenters. The molecule has 1 fully saturated rings. The number of halogens is 1. The Hall–Kier alpha value is -3.45. The smallest absolute Gasteiger partial charge is 0.270 e. The van der Waals surface area contributed by atoms with Crippen molar-refractivity contribution in [1.82, 2.24) is 25.2 Å². The van der Waals surface area contributed by atoms with Gasteiger partial charge in [0.05, 0.1) is 36.6 Å². The van der Waals surface area contributed by atoms with Gasteiger partial charge >= 0.3 is 0 Å². The van der Waals surface area contributed by atoms with Gasteiger partial charge in [-0.1, -0.05) is 24.6 Å². The number of hydrogen-bond acceptors (Lipinski definition) is 11. The second-order valence-corrected chi connectivity index (χ2v) is 10.7. The first-order valence-electron chi connectivity index (χ1n) is 13.8. The van der Waals surface area contributed by atoms with E-state index in [9.17, 15) is 9.90 Å². The average molecular weight is 586 g/mol. The quantitative estimate of drug-likeness (QED) is 0.273. The van der Waals surface area contributed by atoms with Gasteiger partial charge in [-0.15, -0.1) is 0 Å². The van der Waals surface area contributed by atoms with Crippen molar-refractivity contribution in [2.24, 2.45) is 0 Å². The zero-order chi connectivity index (χ0) is 28.8. The molecule has 1 amide bonds. The molecule has 13 heteroatoms. The van der Waals surface area contributed by atoms with Crippen LogP contribution in [0.25, 0.3) is 0 Å². The normalized spacial score (nSPS) is 16.0. The van der Waals surface area contributed by atoms with E-state index in [1.54, 1.807) is 12.3 Å². The third-order valence-corrected chi connectivity index (χ3v) is 7.45. The van der Waals surface area contributed by atoms with Crippen LogP contribution in [0.2, 0.25) is 5.02 Å². The minimum absolute atomic E-state index is 0.0979. The van der Waals surface area contributed by atoms with Crippen LogP contribution in [0.5, 0.6) is 5.75 Å². The lowest BCUT2D eigenvalue weighted by Gasteiger charge is -2.31. The molecule has 1 aromatic carbocycles. The van der Waals surface area contributed by atoms with Crippen LogP contribution in [-0.2, 0) is 24.3 Å². The molecule has 0 spiro atoms. The molecule has 0 saturated carbocycles. The lowest BCUT2D eigenvalue weighted by Crippen LogP contribution is -2.42. The van der Waals surface area contributed by atoms with Crippen molar-refractivity contribution in [1.29, 1.82) is 0 Å². The molecule has 0 aliphatic carbocycles. The lowest BCUT2D eigenvalue weighted by molar-refractivity contribution is 0.0209. The van der Waals surface area contributed by atoms with E-state index in [0.717, 1.165) is 37.1 Å². The first kappa shape index (κ1) is 29.1. The van der Waals surface area contributed by atoms with E-state index in [0.29, 0.717) is 54.6 Å². The Kier molecular flexibility index (Phi) is 9.55. The van der Waals surface area contributed by atoms with Crippen LogP contribution in [0.4, 0.5) is 11.8 Å². The highest BCUT2D eigenvalue weighted by Crippen LogP contribution is 2.34. The summed E-state index contributed by atoms with van der Waals surface area (Å²) in [6, 6.07) is 5.65. The van der Waals surface area contributed by atoms with E-state index in [1.807, 2.05) is 24.1 Å². The highest BCUT2D eigenvalue weighted by atomic mass is 35.5. The maximum absolute atomic E-state index is 13.0. The maximum Gasteiger partial charge on any atom is 0.270 e. The van der Waals surface area contributed by atoms with Crippen LogP contribution >= 0.6 is 11.6 Å². The van der Waals surface area contributed by atoms with Crippen molar-refractivity contribution in [3.05, 3.63) is 58.4 Å². The second-order valence-electron chi connectivity index (χ2n) is 10.4. The third-order valence-electron chi connectivity index (χ3n) is 7.03. The van der Waals surface area contributed by atoms with Crippen molar-refractivity contribution in [2.75, 3.05) is 56.7 Å². The topological polar surface area (TPSA) is 138 Å². The summed E-state index contributed by atoms with van der Waals surface area (Å²) in [7, 11) is 1.90. The molecule has 2 aliphatic rings. The van der Waals surface area contributed by atoms with Gasteiger partial charge in [-0.25, -0.2) is 9.97 Å². The summed E-state index contributed by atoms with van der Waals surface area (Å²) in [5.41, 5.74) is 2.38. The summed E-state index contributed by atoms with van der Waals surface area (Å²) >= 11 is 6.65. The summed E-state index contributed by atoms with van der Waals surface area (Å²) in [4.78, 5) is 30.0. The van der Waals surface area contributed by atoms with E-state index in [2.05, 4.69) is 37.4 Å². The zero-order valence-electron chi connectivity index (χ0n) is 23.3. The largest absolute Gasteiger partial charge is 0.484 e. The van der Waals surface area contributed by atoms with Crippen LogP contribution in [0.1, 0.15) is 40.7 Å². The SMILES string of the molecule is CCCN(C)c1nc(NC2COC2)cc(C(=O)NCC(O)CN2CCc3c(ccc(OCc4cnco4)c3Cl)C2)n1. The van der Waals surface area contributed by atoms with E-state index >= 15 is 0 Å². The van der Waals surface area contributed by atoms with Crippen LogP contribution in [0, 0.1) is 0 Å². The van der Waals surface area contributed by atoms with E-state index < -0.39 is 6.10 Å². The Balaban J connectivity index is 1.14. The Morgan fingerprint density at radius 1 is 1.34 bits per heavy atom. The number of oxazole rings is 1. The van der Waals surface area contributed by atoms with Gasteiger partial charge in [-0.2, -0.15) is 4.98 Å². The minimum Gasteiger partial charge on any atom is -0.484 e. The van der Waals surface area contributed by atoms with Gasteiger partial charge in [0.15, 0.2) is 12.2 Å². The Morgan fingerprint density at radius 2 is 2.20 bits per heavy atom. The molecule has 3 aromatic rings. The number of aliphatic hydroxyl groups excluding tert-OH is 1. The maximum atomic E-state index is 13.0. The summed E-state index contributed by atoms with van der Waals surface area (Å²) < 4.78 is 16.3. The van der Waals surface area contributed by atoms with Gasteiger partial charge in [0, 0.05) is 45.8 Å². The van der Waals surface area contributed by atoms with E-state index in [-0.39, 0.29) is 30.8 Å². The van der Waals surface area contributed by atoms with Gasteiger partial charge in [0.25, 0.3) is 5.91 Å². The molecular formula is C28H36ClN7O5. The van der Waals surface area contributed by atoms with Crippen LogP contribution in [0.3, 0.4) is 0 Å². The predicted octanol–water partition coefficient (Wildman–Crippen LogP) is 2.50. The van der Waals surface area contributed by atoms with Crippen molar-refractivity contribution in [3.63, 3.8) is 0 Å². The number of carbonyl (C=O) groups excluding carboxylic acids is 1. The number of nitrogens with zero attached hydrogens (tertiary/aromatic N) is 5. The first-order chi connectivity index (χ1) is 19.9. The predicted molar refractivity (Wildman–Crippen MR) is 153 cm³/mol. The number of nitrogens with one attached hydrogen (secondary N) is 2. The Morgan fingerprint density at radius 3 is 2.93 bits per heavy atom. The lowest BCUT2D eigenvalue weighted by atomic mass is 9.99. The fourth-order valence-corrected chi connectivity index (χ4v) is 5.13. The molecule has 2 aliphatic heterocycles.